The average molecular weight is 322 g/mol. The quantitative estimate of drug-likeness (QED) is 0.665. The number of benzene rings is 1. The molecule has 0 aliphatic carbocycles. The predicted molar refractivity (Wildman–Crippen MR) is 88.0 cm³/mol. The second-order valence-corrected chi connectivity index (χ2v) is 5.82. The minimum Gasteiger partial charge on any atom is -0.376 e. The molecule has 1 saturated heterocycles. The zero-order valence-corrected chi connectivity index (χ0v) is 13.3. The van der Waals surface area contributed by atoms with Crippen molar-refractivity contribution in [2.45, 2.75) is 25.5 Å². The molecule has 6 nitrogen and oxygen atoms in total. The second-order valence-electron chi connectivity index (χ2n) is 5.41. The molecule has 0 spiro atoms. The number of halogens is 1. The van der Waals surface area contributed by atoms with Gasteiger partial charge in [-0.25, -0.2) is 9.98 Å². The van der Waals surface area contributed by atoms with Gasteiger partial charge in [-0.05, 0) is 25.0 Å². The van der Waals surface area contributed by atoms with Crippen LogP contribution in [0.3, 0.4) is 0 Å². The van der Waals surface area contributed by atoms with Crippen LogP contribution >= 0.6 is 11.6 Å². The zero-order chi connectivity index (χ0) is 15.5. The van der Waals surface area contributed by atoms with Gasteiger partial charge in [-0.15, -0.1) is 0 Å². The molecule has 0 radical (unpaired) electrons. The third-order valence-corrected chi connectivity index (χ3v) is 4.17. The van der Waals surface area contributed by atoms with Gasteiger partial charge >= 0.3 is 0 Å². The lowest BCUT2D eigenvalue weighted by Crippen LogP contribution is -2.37. The first-order valence-corrected chi connectivity index (χ1v) is 7.78. The van der Waals surface area contributed by atoms with Crippen molar-refractivity contribution in [2.75, 3.05) is 13.2 Å². The number of guanidine groups is 1. The first kappa shape index (κ1) is 15.1. The van der Waals surface area contributed by atoms with E-state index in [0.717, 1.165) is 36.3 Å². The monoisotopic (exact) mass is 321 g/mol. The summed E-state index contributed by atoms with van der Waals surface area (Å²) in [5, 5.41) is 3.79. The maximum atomic E-state index is 6.21. The topological polar surface area (TPSA) is 77.5 Å². The van der Waals surface area contributed by atoms with Crippen LogP contribution in [0.4, 0.5) is 0 Å². The molecule has 7 heteroatoms. The largest absolute Gasteiger partial charge is 0.376 e. The smallest absolute Gasteiger partial charge is 0.189 e. The Morgan fingerprint density at radius 2 is 2.45 bits per heavy atom. The van der Waals surface area contributed by atoms with E-state index in [1.807, 2.05) is 29.8 Å². The fraction of sp³-hybridized carbons (Fsp3) is 0.467. The molecule has 1 fully saturated rings. The summed E-state index contributed by atoms with van der Waals surface area (Å²) in [5.74, 6) is 1.23. The maximum absolute atomic E-state index is 6.21. The molecule has 1 aliphatic heterocycles. The Labute approximate surface area is 134 Å². The number of nitrogens with one attached hydrogen (secondary N) is 1. The maximum Gasteiger partial charge on any atom is 0.189 e. The molecule has 3 rings (SSSR count). The molecule has 0 bridgehead atoms. The molecule has 1 unspecified atom stereocenters. The van der Waals surface area contributed by atoms with Gasteiger partial charge in [0, 0.05) is 20.2 Å². The van der Waals surface area contributed by atoms with Crippen molar-refractivity contribution in [1.29, 1.82) is 0 Å². The highest BCUT2D eigenvalue weighted by molar-refractivity contribution is 6.35. The van der Waals surface area contributed by atoms with Crippen LogP contribution in [0.1, 0.15) is 18.7 Å². The molecule has 1 aromatic heterocycles. The fourth-order valence-corrected chi connectivity index (χ4v) is 2.94. The third kappa shape index (κ3) is 3.18. The standard InChI is InChI=1S/C15H20ClN5O/c1-21-13(20-12-6-2-5-11(16)14(12)21)9-19-15(17)18-8-10-4-3-7-22-10/h2,5-6,10H,3-4,7-9H2,1H3,(H3,17,18,19). The molecule has 3 N–H and O–H groups in total. The Kier molecular flexibility index (Phi) is 4.49. The van der Waals surface area contributed by atoms with E-state index < -0.39 is 0 Å². The summed E-state index contributed by atoms with van der Waals surface area (Å²) < 4.78 is 7.49. The predicted octanol–water partition coefficient (Wildman–Crippen LogP) is 1.81. The van der Waals surface area contributed by atoms with Crippen LogP contribution in [0.25, 0.3) is 11.0 Å². The zero-order valence-electron chi connectivity index (χ0n) is 12.6. The van der Waals surface area contributed by atoms with Crippen LogP contribution in [0.2, 0.25) is 5.02 Å². The van der Waals surface area contributed by atoms with Crippen molar-refractivity contribution in [3.05, 3.63) is 29.0 Å². The van der Waals surface area contributed by atoms with Crippen LogP contribution in [-0.2, 0) is 18.3 Å². The van der Waals surface area contributed by atoms with Crippen LogP contribution in [0.15, 0.2) is 23.2 Å². The van der Waals surface area contributed by atoms with E-state index in [2.05, 4.69) is 15.3 Å². The summed E-state index contributed by atoms with van der Waals surface area (Å²) in [6.07, 6.45) is 2.43. The van der Waals surface area contributed by atoms with Gasteiger partial charge in [0.05, 0.1) is 22.2 Å². The molecule has 0 saturated carbocycles. The number of hydrogen-bond acceptors (Lipinski definition) is 3. The molecule has 2 aromatic rings. The Bertz CT molecular complexity index is 691. The van der Waals surface area contributed by atoms with Gasteiger partial charge in [0.15, 0.2) is 5.96 Å². The average Bonchev–Trinajstić information content (AvgIpc) is 3.12. The Morgan fingerprint density at radius 3 is 3.18 bits per heavy atom. The van der Waals surface area contributed by atoms with Gasteiger partial charge in [0.2, 0.25) is 0 Å². The molecule has 0 amide bonds. The third-order valence-electron chi connectivity index (χ3n) is 3.86. The molecular formula is C15H20ClN5O. The first-order valence-electron chi connectivity index (χ1n) is 7.40. The van der Waals surface area contributed by atoms with E-state index >= 15 is 0 Å². The van der Waals surface area contributed by atoms with Crippen LogP contribution < -0.4 is 11.1 Å². The van der Waals surface area contributed by atoms with Gasteiger partial charge in [0.1, 0.15) is 12.4 Å². The number of hydrogen-bond donors (Lipinski definition) is 2. The molecule has 22 heavy (non-hydrogen) atoms. The van der Waals surface area contributed by atoms with Crippen molar-refractivity contribution in [1.82, 2.24) is 14.9 Å². The van der Waals surface area contributed by atoms with Gasteiger partial charge in [-0.1, -0.05) is 17.7 Å². The van der Waals surface area contributed by atoms with Crippen LogP contribution in [0.5, 0.6) is 0 Å². The van der Waals surface area contributed by atoms with Crippen molar-refractivity contribution in [3.8, 4) is 0 Å². The van der Waals surface area contributed by atoms with Crippen LogP contribution in [0, 0.1) is 0 Å². The highest BCUT2D eigenvalue weighted by Crippen LogP contribution is 2.23. The van der Waals surface area contributed by atoms with E-state index in [1.165, 1.54) is 0 Å². The highest BCUT2D eigenvalue weighted by atomic mass is 35.5. The number of aliphatic imine (C=N–C) groups is 1. The SMILES string of the molecule is Cn1c(CN=C(N)NCC2CCCO2)nc2cccc(Cl)c21. The number of nitrogens with two attached hydrogens (primary N) is 1. The van der Waals surface area contributed by atoms with E-state index in [4.69, 9.17) is 22.1 Å². The normalized spacial score (nSPS) is 19.0. The summed E-state index contributed by atoms with van der Waals surface area (Å²) in [5.41, 5.74) is 7.68. The minimum absolute atomic E-state index is 0.239. The summed E-state index contributed by atoms with van der Waals surface area (Å²) in [7, 11) is 1.93. The number of fused-ring (bicyclic) bond motifs is 1. The number of imidazole rings is 1. The number of aromatic nitrogens is 2. The summed E-state index contributed by atoms with van der Waals surface area (Å²) >= 11 is 6.21. The molecule has 1 aliphatic rings. The summed E-state index contributed by atoms with van der Waals surface area (Å²) in [4.78, 5) is 8.89. The number of ether oxygens (including phenoxy) is 1. The lowest BCUT2D eigenvalue weighted by Gasteiger charge is -2.11. The molecule has 2 heterocycles. The van der Waals surface area contributed by atoms with Crippen molar-refractivity contribution in [3.63, 3.8) is 0 Å². The van der Waals surface area contributed by atoms with E-state index in [1.54, 1.807) is 0 Å². The first-order chi connectivity index (χ1) is 10.6. The van der Waals surface area contributed by atoms with Crippen molar-refractivity contribution < 1.29 is 4.74 Å². The van der Waals surface area contributed by atoms with Gasteiger partial charge in [-0.2, -0.15) is 0 Å². The van der Waals surface area contributed by atoms with Crippen molar-refractivity contribution >= 4 is 28.6 Å². The van der Waals surface area contributed by atoms with Gasteiger partial charge in [0.25, 0.3) is 0 Å². The Morgan fingerprint density at radius 1 is 1.59 bits per heavy atom. The van der Waals surface area contributed by atoms with E-state index in [-0.39, 0.29) is 6.10 Å². The summed E-state index contributed by atoms with van der Waals surface area (Å²) in [6, 6.07) is 5.69. The van der Waals surface area contributed by atoms with Gasteiger partial charge < -0.3 is 20.4 Å². The molecular weight excluding hydrogens is 302 g/mol. The highest BCUT2D eigenvalue weighted by Gasteiger charge is 2.15. The lowest BCUT2D eigenvalue weighted by molar-refractivity contribution is 0.114. The number of aryl methyl sites for hydroxylation is 1. The molecule has 1 atom stereocenters. The second kappa shape index (κ2) is 6.54. The van der Waals surface area contributed by atoms with Crippen molar-refractivity contribution in [2.24, 2.45) is 17.8 Å². The number of rotatable bonds is 4. The fourth-order valence-electron chi connectivity index (χ4n) is 2.65. The molecule has 1 aromatic carbocycles. The lowest BCUT2D eigenvalue weighted by atomic mass is 10.2. The number of nitrogens with zero attached hydrogens (tertiary/aromatic N) is 3. The van der Waals surface area contributed by atoms with E-state index in [9.17, 15) is 0 Å². The van der Waals surface area contributed by atoms with E-state index in [0.29, 0.717) is 24.1 Å². The Hall–Kier alpha value is -1.79. The number of para-hydroxylation sites is 1. The van der Waals surface area contributed by atoms with Gasteiger partial charge in [-0.3, -0.25) is 0 Å². The Balaban J connectivity index is 1.66. The van der Waals surface area contributed by atoms with Crippen LogP contribution in [-0.4, -0.2) is 34.8 Å². The minimum atomic E-state index is 0.239. The molecule has 118 valence electrons. The summed E-state index contributed by atoms with van der Waals surface area (Å²) in [6.45, 7) is 1.94.